The number of nitrogens with zero attached hydrogens (tertiary/aromatic N) is 1. The number of halogens is 3. The van der Waals surface area contributed by atoms with Crippen LogP contribution in [-0.2, 0) is 0 Å². The highest BCUT2D eigenvalue weighted by Crippen LogP contribution is 2.24. The predicted molar refractivity (Wildman–Crippen MR) is 60.8 cm³/mol. The lowest BCUT2D eigenvalue weighted by Gasteiger charge is -2.14. The number of hydrogen-bond acceptors (Lipinski definition) is 2. The molecule has 1 heterocycles. The Hall–Kier alpha value is -1.26. The third-order valence-corrected chi connectivity index (χ3v) is 3.29. The summed E-state index contributed by atoms with van der Waals surface area (Å²) in [4.78, 5) is 3.14. The Labute approximate surface area is 104 Å². The van der Waals surface area contributed by atoms with Gasteiger partial charge in [-0.2, -0.15) is 9.37 Å². The van der Waals surface area contributed by atoms with Gasteiger partial charge in [-0.25, -0.2) is 8.78 Å². The highest BCUT2D eigenvalue weighted by atomic mass is 19.2. The topological polar surface area (TPSA) is 22.1 Å². The van der Waals surface area contributed by atoms with Crippen molar-refractivity contribution in [3.05, 3.63) is 23.6 Å². The van der Waals surface area contributed by atoms with E-state index in [-0.39, 0.29) is 0 Å². The Balaban J connectivity index is 1.94. The van der Waals surface area contributed by atoms with Crippen LogP contribution < -0.4 is 4.74 Å². The van der Waals surface area contributed by atoms with E-state index in [4.69, 9.17) is 4.74 Å². The summed E-state index contributed by atoms with van der Waals surface area (Å²) in [6.45, 7) is 0.314. The molecule has 18 heavy (non-hydrogen) atoms. The molecule has 1 aliphatic carbocycles. The van der Waals surface area contributed by atoms with Crippen molar-refractivity contribution in [1.29, 1.82) is 0 Å². The van der Waals surface area contributed by atoms with Crippen molar-refractivity contribution in [2.24, 2.45) is 5.92 Å². The molecule has 0 amide bonds. The van der Waals surface area contributed by atoms with Gasteiger partial charge >= 0.3 is 0 Å². The molecule has 0 atom stereocenters. The van der Waals surface area contributed by atoms with Gasteiger partial charge in [-0.15, -0.1) is 0 Å². The average molecular weight is 259 g/mol. The Morgan fingerprint density at radius 3 is 2.39 bits per heavy atom. The van der Waals surface area contributed by atoms with Gasteiger partial charge in [0.05, 0.1) is 6.61 Å². The van der Waals surface area contributed by atoms with Gasteiger partial charge in [0.15, 0.2) is 11.6 Å². The quantitative estimate of drug-likeness (QED) is 0.607. The number of hydrogen-bond donors (Lipinski definition) is 0. The van der Waals surface area contributed by atoms with Crippen molar-refractivity contribution >= 4 is 0 Å². The lowest BCUT2D eigenvalue weighted by Crippen LogP contribution is -2.13. The molecule has 5 heteroatoms. The standard InChI is InChI=1S/C13H16F3NO/c14-10-7-11(15)13(17-12(10)16)18-8-9-5-3-1-2-4-6-9/h7,9H,1-6,8H2. The second kappa shape index (κ2) is 6.07. The van der Waals surface area contributed by atoms with Crippen LogP contribution in [0.15, 0.2) is 6.07 Å². The molecular formula is C13H16F3NO. The summed E-state index contributed by atoms with van der Waals surface area (Å²) in [7, 11) is 0. The minimum Gasteiger partial charge on any atom is -0.475 e. The first kappa shape index (κ1) is 13.2. The second-order valence-electron chi connectivity index (χ2n) is 4.72. The molecule has 0 spiro atoms. The van der Waals surface area contributed by atoms with Crippen LogP contribution in [0.1, 0.15) is 38.5 Å². The first-order chi connectivity index (χ1) is 8.66. The fourth-order valence-electron chi connectivity index (χ4n) is 2.26. The molecule has 0 aromatic carbocycles. The van der Waals surface area contributed by atoms with Crippen molar-refractivity contribution in [3.8, 4) is 5.88 Å². The number of ether oxygens (including phenoxy) is 1. The van der Waals surface area contributed by atoms with Crippen LogP contribution in [0.3, 0.4) is 0 Å². The van der Waals surface area contributed by atoms with Crippen molar-refractivity contribution in [2.75, 3.05) is 6.61 Å². The van der Waals surface area contributed by atoms with E-state index in [1.54, 1.807) is 0 Å². The molecule has 2 nitrogen and oxygen atoms in total. The molecular weight excluding hydrogens is 243 g/mol. The van der Waals surface area contributed by atoms with Crippen LogP contribution in [0, 0.1) is 23.5 Å². The van der Waals surface area contributed by atoms with Crippen LogP contribution in [-0.4, -0.2) is 11.6 Å². The molecule has 0 saturated heterocycles. The Morgan fingerprint density at radius 2 is 1.72 bits per heavy atom. The highest BCUT2D eigenvalue weighted by Gasteiger charge is 2.16. The summed E-state index contributed by atoms with van der Waals surface area (Å²) in [6, 6.07) is 0.463. The molecule has 1 fully saturated rings. The van der Waals surface area contributed by atoms with Crippen LogP contribution in [0.4, 0.5) is 13.2 Å². The van der Waals surface area contributed by atoms with Crippen LogP contribution in [0.2, 0.25) is 0 Å². The number of aromatic nitrogens is 1. The van der Waals surface area contributed by atoms with E-state index >= 15 is 0 Å². The maximum atomic E-state index is 13.3. The molecule has 0 N–H and O–H groups in total. The summed E-state index contributed by atoms with van der Waals surface area (Å²) in [5.41, 5.74) is 0. The predicted octanol–water partition coefficient (Wildman–Crippen LogP) is 3.85. The fraction of sp³-hybridized carbons (Fsp3) is 0.615. The largest absolute Gasteiger partial charge is 0.475 e. The lowest BCUT2D eigenvalue weighted by atomic mass is 10.0. The van der Waals surface area contributed by atoms with E-state index in [1.807, 2.05) is 0 Å². The summed E-state index contributed by atoms with van der Waals surface area (Å²) in [5.74, 6) is -3.68. The van der Waals surface area contributed by atoms with Crippen molar-refractivity contribution < 1.29 is 17.9 Å². The van der Waals surface area contributed by atoms with E-state index in [2.05, 4.69) is 4.98 Å². The van der Waals surface area contributed by atoms with E-state index in [9.17, 15) is 13.2 Å². The van der Waals surface area contributed by atoms with Gasteiger partial charge < -0.3 is 4.74 Å². The number of rotatable bonds is 3. The van der Waals surface area contributed by atoms with Gasteiger partial charge in [-0.3, -0.25) is 0 Å². The number of pyridine rings is 1. The van der Waals surface area contributed by atoms with Gasteiger partial charge in [-0.1, -0.05) is 25.7 Å². The van der Waals surface area contributed by atoms with Crippen molar-refractivity contribution in [3.63, 3.8) is 0 Å². The molecule has 0 aliphatic heterocycles. The summed E-state index contributed by atoms with van der Waals surface area (Å²) in [5, 5.41) is 0. The molecule has 0 unspecified atom stereocenters. The zero-order valence-corrected chi connectivity index (χ0v) is 10.1. The normalized spacial score (nSPS) is 17.5. The van der Waals surface area contributed by atoms with Crippen molar-refractivity contribution in [2.45, 2.75) is 38.5 Å². The third-order valence-electron chi connectivity index (χ3n) is 3.29. The maximum Gasteiger partial charge on any atom is 0.253 e. The van der Waals surface area contributed by atoms with E-state index in [0.29, 0.717) is 18.6 Å². The van der Waals surface area contributed by atoms with Crippen molar-refractivity contribution in [1.82, 2.24) is 4.98 Å². The fourth-order valence-corrected chi connectivity index (χ4v) is 2.26. The van der Waals surface area contributed by atoms with E-state index in [0.717, 1.165) is 25.7 Å². The van der Waals surface area contributed by atoms with Gasteiger partial charge in [-0.05, 0) is 18.8 Å². The maximum absolute atomic E-state index is 13.3. The first-order valence-corrected chi connectivity index (χ1v) is 6.31. The first-order valence-electron chi connectivity index (χ1n) is 6.31. The monoisotopic (exact) mass is 259 g/mol. The van der Waals surface area contributed by atoms with Gasteiger partial charge in [0, 0.05) is 6.07 Å². The second-order valence-corrected chi connectivity index (χ2v) is 4.72. The van der Waals surface area contributed by atoms with Crippen LogP contribution >= 0.6 is 0 Å². The van der Waals surface area contributed by atoms with Gasteiger partial charge in [0.25, 0.3) is 11.8 Å². The molecule has 1 saturated carbocycles. The highest BCUT2D eigenvalue weighted by molar-refractivity contribution is 5.15. The third kappa shape index (κ3) is 3.37. The summed E-state index contributed by atoms with van der Waals surface area (Å²) < 4.78 is 44.0. The molecule has 1 aliphatic rings. The van der Waals surface area contributed by atoms with Gasteiger partial charge in [0.2, 0.25) is 0 Å². The molecule has 1 aromatic heterocycles. The van der Waals surface area contributed by atoms with E-state index < -0.39 is 23.5 Å². The lowest BCUT2D eigenvalue weighted by molar-refractivity contribution is 0.213. The molecule has 0 bridgehead atoms. The molecule has 100 valence electrons. The Bertz CT molecular complexity index is 403. The summed E-state index contributed by atoms with van der Waals surface area (Å²) in [6.07, 6.45) is 6.78. The Kier molecular flexibility index (Phi) is 4.44. The smallest absolute Gasteiger partial charge is 0.253 e. The minimum absolute atomic E-state index is 0.314. The molecule has 1 aromatic rings. The SMILES string of the molecule is Fc1cc(F)c(OCC2CCCCCC2)nc1F. The average Bonchev–Trinajstić information content (AvgIpc) is 2.60. The zero-order chi connectivity index (χ0) is 13.0. The molecule has 2 rings (SSSR count). The van der Waals surface area contributed by atoms with Crippen LogP contribution in [0.25, 0.3) is 0 Å². The van der Waals surface area contributed by atoms with Crippen LogP contribution in [0.5, 0.6) is 5.88 Å². The van der Waals surface area contributed by atoms with E-state index in [1.165, 1.54) is 12.8 Å². The molecule has 0 radical (unpaired) electrons. The Morgan fingerprint density at radius 1 is 1.06 bits per heavy atom. The minimum atomic E-state index is -1.33. The van der Waals surface area contributed by atoms with Gasteiger partial charge in [0.1, 0.15) is 0 Å². The summed E-state index contributed by atoms with van der Waals surface area (Å²) >= 11 is 0. The zero-order valence-electron chi connectivity index (χ0n) is 10.1.